The number of nitrogens with zero attached hydrogens (tertiary/aromatic N) is 4. The Morgan fingerprint density at radius 3 is 2.75 bits per heavy atom. The first kappa shape index (κ1) is 13.7. The van der Waals surface area contributed by atoms with Gasteiger partial charge in [0.1, 0.15) is 0 Å². The number of carbonyl (C=O) groups is 1. The third kappa shape index (κ3) is 2.51. The van der Waals surface area contributed by atoms with Gasteiger partial charge in [-0.15, -0.1) is 10.2 Å². The van der Waals surface area contributed by atoms with Gasteiger partial charge in [0.25, 0.3) is 0 Å². The van der Waals surface area contributed by atoms with Gasteiger partial charge in [-0.1, -0.05) is 11.8 Å². The highest BCUT2D eigenvalue weighted by Crippen LogP contribution is 2.43. The maximum Gasteiger partial charge on any atom is 0.313 e. The number of carboxylic acids is 1. The average Bonchev–Trinajstić information content (AvgIpc) is 3.03. The predicted molar refractivity (Wildman–Crippen MR) is 77.3 cm³/mol. The van der Waals surface area contributed by atoms with E-state index in [9.17, 15) is 4.79 Å². The number of aromatic nitrogens is 3. The zero-order chi connectivity index (χ0) is 14.3. The molecule has 110 valence electrons. The molecule has 7 heteroatoms. The standard InChI is InChI=1S/C13H20N4O2S/c1-13(2)6-3-7-16(13)11-14-15-12(20-8-10(18)19)17(11)9-4-5-9/h9H,3-8H2,1-2H3,(H,18,19). The number of hydrogen-bond acceptors (Lipinski definition) is 5. The van der Waals surface area contributed by atoms with E-state index < -0.39 is 5.97 Å². The van der Waals surface area contributed by atoms with Crippen LogP contribution in [0.15, 0.2) is 5.16 Å². The molecule has 0 bridgehead atoms. The summed E-state index contributed by atoms with van der Waals surface area (Å²) >= 11 is 1.27. The van der Waals surface area contributed by atoms with E-state index in [-0.39, 0.29) is 11.3 Å². The Balaban J connectivity index is 1.89. The molecule has 0 amide bonds. The summed E-state index contributed by atoms with van der Waals surface area (Å²) in [4.78, 5) is 13.1. The fraction of sp³-hybridized carbons (Fsp3) is 0.769. The van der Waals surface area contributed by atoms with E-state index >= 15 is 0 Å². The van der Waals surface area contributed by atoms with E-state index in [1.807, 2.05) is 0 Å². The molecular formula is C13H20N4O2S. The van der Waals surface area contributed by atoms with Crippen LogP contribution in [0.1, 0.15) is 45.6 Å². The molecule has 6 nitrogen and oxygen atoms in total. The van der Waals surface area contributed by atoms with Crippen LogP contribution in [0.4, 0.5) is 5.95 Å². The third-order valence-electron chi connectivity index (χ3n) is 4.03. The molecule has 0 atom stereocenters. The summed E-state index contributed by atoms with van der Waals surface area (Å²) < 4.78 is 2.15. The number of rotatable bonds is 5. The van der Waals surface area contributed by atoms with Crippen LogP contribution in [-0.2, 0) is 4.79 Å². The van der Waals surface area contributed by atoms with Crippen molar-refractivity contribution in [2.24, 2.45) is 0 Å². The minimum atomic E-state index is -0.816. The molecule has 0 radical (unpaired) electrons. The second-order valence-electron chi connectivity index (χ2n) is 6.13. The Kier molecular flexibility index (Phi) is 3.40. The Morgan fingerprint density at radius 1 is 1.45 bits per heavy atom. The lowest BCUT2D eigenvalue weighted by Crippen LogP contribution is -2.39. The number of aliphatic carboxylic acids is 1. The van der Waals surface area contributed by atoms with Crippen LogP contribution in [0.2, 0.25) is 0 Å². The highest BCUT2D eigenvalue weighted by molar-refractivity contribution is 7.99. The zero-order valence-corrected chi connectivity index (χ0v) is 12.7. The fourth-order valence-electron chi connectivity index (χ4n) is 2.81. The third-order valence-corrected chi connectivity index (χ3v) is 4.95. The molecule has 0 spiro atoms. The second kappa shape index (κ2) is 4.95. The molecule has 0 unspecified atom stereocenters. The SMILES string of the molecule is CC1(C)CCCN1c1nnc(SCC(=O)O)n1C1CC1. The molecule has 1 aromatic heterocycles. The van der Waals surface area contributed by atoms with Gasteiger partial charge in [0, 0.05) is 18.1 Å². The summed E-state index contributed by atoms with van der Waals surface area (Å²) in [5.74, 6) is 0.139. The predicted octanol–water partition coefficient (Wildman–Crippen LogP) is 2.17. The van der Waals surface area contributed by atoms with Crippen LogP contribution in [0.3, 0.4) is 0 Å². The van der Waals surface area contributed by atoms with Gasteiger partial charge in [0.05, 0.1) is 5.75 Å². The van der Waals surface area contributed by atoms with Gasteiger partial charge < -0.3 is 10.0 Å². The monoisotopic (exact) mass is 296 g/mol. The van der Waals surface area contributed by atoms with E-state index in [1.54, 1.807) is 0 Å². The Hall–Kier alpha value is -1.24. The van der Waals surface area contributed by atoms with Crippen molar-refractivity contribution in [3.05, 3.63) is 0 Å². The van der Waals surface area contributed by atoms with Crippen molar-refractivity contribution in [3.8, 4) is 0 Å². The maximum atomic E-state index is 10.7. The van der Waals surface area contributed by atoms with Crippen molar-refractivity contribution in [3.63, 3.8) is 0 Å². The molecule has 0 aromatic carbocycles. The van der Waals surface area contributed by atoms with Crippen molar-refractivity contribution < 1.29 is 9.90 Å². The lowest BCUT2D eigenvalue weighted by atomic mass is 10.0. The molecule has 1 aliphatic heterocycles. The summed E-state index contributed by atoms with van der Waals surface area (Å²) in [6.07, 6.45) is 4.60. The Bertz CT molecular complexity index is 524. The maximum absolute atomic E-state index is 10.7. The van der Waals surface area contributed by atoms with E-state index in [4.69, 9.17) is 5.11 Å². The number of hydrogen-bond donors (Lipinski definition) is 1. The molecule has 2 heterocycles. The molecule has 1 N–H and O–H groups in total. The van der Waals surface area contributed by atoms with Crippen LogP contribution in [0, 0.1) is 0 Å². The molecule has 1 aliphatic carbocycles. The largest absolute Gasteiger partial charge is 0.481 e. The summed E-state index contributed by atoms with van der Waals surface area (Å²) in [5, 5.41) is 18.2. The Morgan fingerprint density at radius 2 is 2.20 bits per heavy atom. The molecule has 20 heavy (non-hydrogen) atoms. The quantitative estimate of drug-likeness (QED) is 0.840. The van der Waals surface area contributed by atoms with Crippen LogP contribution < -0.4 is 4.90 Å². The van der Waals surface area contributed by atoms with E-state index in [2.05, 4.69) is 33.5 Å². The van der Waals surface area contributed by atoms with Crippen LogP contribution in [-0.4, -0.2) is 43.7 Å². The van der Waals surface area contributed by atoms with Gasteiger partial charge in [0.2, 0.25) is 5.95 Å². The van der Waals surface area contributed by atoms with Crippen LogP contribution in [0.5, 0.6) is 0 Å². The molecule has 2 aliphatic rings. The number of thioether (sulfide) groups is 1. The van der Waals surface area contributed by atoms with Gasteiger partial charge in [-0.3, -0.25) is 9.36 Å². The lowest BCUT2D eigenvalue weighted by molar-refractivity contribution is -0.133. The van der Waals surface area contributed by atoms with Crippen LogP contribution in [0.25, 0.3) is 0 Å². The van der Waals surface area contributed by atoms with E-state index in [1.165, 1.54) is 18.2 Å². The highest BCUT2D eigenvalue weighted by atomic mass is 32.2. The molecule has 1 saturated heterocycles. The zero-order valence-electron chi connectivity index (χ0n) is 11.9. The van der Waals surface area contributed by atoms with Crippen molar-refractivity contribution in [2.45, 2.75) is 56.3 Å². The van der Waals surface area contributed by atoms with Crippen LogP contribution >= 0.6 is 11.8 Å². The molecule has 1 saturated carbocycles. The molecule has 2 fully saturated rings. The second-order valence-corrected chi connectivity index (χ2v) is 7.08. The summed E-state index contributed by atoms with van der Waals surface area (Å²) in [5.41, 5.74) is 0.106. The number of carboxylic acid groups (broad SMARTS) is 1. The first-order valence-electron chi connectivity index (χ1n) is 7.06. The fourth-order valence-corrected chi connectivity index (χ4v) is 3.53. The summed E-state index contributed by atoms with van der Waals surface area (Å²) in [7, 11) is 0. The normalized spacial score (nSPS) is 21.4. The minimum absolute atomic E-state index is 0.0360. The minimum Gasteiger partial charge on any atom is -0.481 e. The van der Waals surface area contributed by atoms with Gasteiger partial charge in [-0.05, 0) is 39.5 Å². The summed E-state index contributed by atoms with van der Waals surface area (Å²) in [6.45, 7) is 5.47. The van der Waals surface area contributed by atoms with Gasteiger partial charge >= 0.3 is 5.97 Å². The average molecular weight is 296 g/mol. The van der Waals surface area contributed by atoms with Crippen molar-refractivity contribution in [1.82, 2.24) is 14.8 Å². The molecule has 1 aromatic rings. The molecule has 3 rings (SSSR count). The van der Waals surface area contributed by atoms with Crippen molar-refractivity contribution in [1.29, 1.82) is 0 Å². The van der Waals surface area contributed by atoms with Crippen molar-refractivity contribution in [2.75, 3.05) is 17.2 Å². The Labute approximate surface area is 122 Å². The lowest BCUT2D eigenvalue weighted by Gasteiger charge is -2.32. The van der Waals surface area contributed by atoms with E-state index in [0.29, 0.717) is 6.04 Å². The smallest absolute Gasteiger partial charge is 0.313 e. The van der Waals surface area contributed by atoms with Gasteiger partial charge in [0.15, 0.2) is 5.16 Å². The van der Waals surface area contributed by atoms with E-state index in [0.717, 1.165) is 36.9 Å². The van der Waals surface area contributed by atoms with Gasteiger partial charge in [-0.25, -0.2) is 0 Å². The number of anilines is 1. The summed E-state index contributed by atoms with van der Waals surface area (Å²) in [6, 6.07) is 0.452. The topological polar surface area (TPSA) is 71.2 Å². The first-order chi connectivity index (χ1) is 9.49. The first-order valence-corrected chi connectivity index (χ1v) is 8.05. The van der Waals surface area contributed by atoms with Crippen molar-refractivity contribution >= 4 is 23.7 Å². The van der Waals surface area contributed by atoms with Gasteiger partial charge in [-0.2, -0.15) is 0 Å². The molecular weight excluding hydrogens is 276 g/mol. The highest BCUT2D eigenvalue weighted by Gasteiger charge is 2.38.